The van der Waals surface area contributed by atoms with Crippen LogP contribution < -0.4 is 0 Å². The molecule has 142 valence electrons. The van der Waals surface area contributed by atoms with Crippen LogP contribution >= 0.6 is 0 Å². The number of ether oxygens (including phenoxy) is 1. The van der Waals surface area contributed by atoms with Crippen LogP contribution in [0.3, 0.4) is 0 Å². The van der Waals surface area contributed by atoms with Gasteiger partial charge in [-0.2, -0.15) is 0 Å². The Balaban J connectivity index is 1.55. The molecule has 29 heavy (non-hydrogen) atoms. The van der Waals surface area contributed by atoms with Crippen molar-refractivity contribution in [2.45, 2.75) is 36.9 Å². The first-order valence-corrected chi connectivity index (χ1v) is 11.2. The fourth-order valence-electron chi connectivity index (χ4n) is 9.13. The lowest BCUT2D eigenvalue weighted by Crippen LogP contribution is -2.43. The van der Waals surface area contributed by atoms with E-state index in [0.717, 1.165) is 11.8 Å². The van der Waals surface area contributed by atoms with Crippen LogP contribution in [0.5, 0.6) is 0 Å². The van der Waals surface area contributed by atoms with E-state index in [4.69, 9.17) is 4.74 Å². The fraction of sp³-hybridized carbons (Fsp3) is 0.357. The highest BCUT2D eigenvalue weighted by Crippen LogP contribution is 2.99. The molecular weight excluding hydrogens is 352 g/mol. The minimum Gasteiger partial charge on any atom is -0.348 e. The summed E-state index contributed by atoms with van der Waals surface area (Å²) >= 11 is 0. The summed E-state index contributed by atoms with van der Waals surface area (Å²) in [5.74, 6) is 1.60. The molecule has 2 aliphatic heterocycles. The summed E-state index contributed by atoms with van der Waals surface area (Å²) in [6.07, 6.45) is 5.50. The zero-order valence-corrected chi connectivity index (χ0v) is 16.5. The van der Waals surface area contributed by atoms with Crippen molar-refractivity contribution in [3.8, 4) is 0 Å². The van der Waals surface area contributed by atoms with Crippen LogP contribution in [0.1, 0.15) is 47.9 Å². The molecule has 4 fully saturated rings. The van der Waals surface area contributed by atoms with Crippen molar-refractivity contribution in [1.29, 1.82) is 0 Å². The molecule has 0 amide bonds. The van der Waals surface area contributed by atoms with E-state index >= 15 is 0 Å². The summed E-state index contributed by atoms with van der Waals surface area (Å²) in [5, 5.41) is 0. The molecule has 1 nitrogen and oxygen atoms in total. The quantitative estimate of drug-likeness (QED) is 0.531. The van der Waals surface area contributed by atoms with Gasteiger partial charge in [-0.1, -0.05) is 84.9 Å². The van der Waals surface area contributed by atoms with Crippen molar-refractivity contribution in [2.75, 3.05) is 0 Å². The van der Waals surface area contributed by atoms with Crippen molar-refractivity contribution in [2.24, 2.45) is 22.7 Å². The maximum Gasteiger partial charge on any atom is 0.127 e. The van der Waals surface area contributed by atoms with Crippen molar-refractivity contribution in [3.63, 3.8) is 0 Å². The lowest BCUT2D eigenvalue weighted by atomic mass is 9.56. The second-order valence-corrected chi connectivity index (χ2v) is 10.1. The molecule has 3 aromatic carbocycles. The van der Waals surface area contributed by atoms with Crippen LogP contribution in [-0.2, 0) is 15.9 Å². The van der Waals surface area contributed by atoms with Gasteiger partial charge < -0.3 is 4.74 Å². The molecule has 2 heterocycles. The van der Waals surface area contributed by atoms with Crippen LogP contribution in [0.15, 0.2) is 84.9 Å². The second-order valence-electron chi connectivity index (χ2n) is 10.1. The largest absolute Gasteiger partial charge is 0.348 e. The van der Waals surface area contributed by atoms with Gasteiger partial charge in [-0.05, 0) is 59.8 Å². The van der Waals surface area contributed by atoms with Gasteiger partial charge in [-0.25, -0.2) is 0 Å². The van der Waals surface area contributed by atoms with E-state index in [9.17, 15) is 0 Å². The molecule has 0 unspecified atom stereocenters. The van der Waals surface area contributed by atoms with E-state index in [1.165, 1.54) is 47.9 Å². The molecule has 1 saturated heterocycles. The molecule has 0 radical (unpaired) electrons. The van der Waals surface area contributed by atoms with E-state index in [-0.39, 0.29) is 22.0 Å². The number of hydrogen-bond acceptors (Lipinski definition) is 1. The van der Waals surface area contributed by atoms with E-state index in [2.05, 4.69) is 84.9 Å². The highest BCUT2D eigenvalue weighted by Gasteiger charge is 2.99. The summed E-state index contributed by atoms with van der Waals surface area (Å²) in [5.41, 5.74) is 5.59. The van der Waals surface area contributed by atoms with Gasteiger partial charge in [0.1, 0.15) is 11.2 Å². The molecule has 4 bridgehead atoms. The zero-order chi connectivity index (χ0) is 18.9. The van der Waals surface area contributed by atoms with Gasteiger partial charge in [-0.3, -0.25) is 0 Å². The monoisotopic (exact) mass is 376 g/mol. The summed E-state index contributed by atoms with van der Waals surface area (Å²) in [6, 6.07) is 31.6. The third-order valence-corrected chi connectivity index (χ3v) is 9.66. The Morgan fingerprint density at radius 2 is 1.03 bits per heavy atom. The Kier molecular flexibility index (Phi) is 2.41. The summed E-state index contributed by atoms with van der Waals surface area (Å²) in [4.78, 5) is 0. The van der Waals surface area contributed by atoms with Crippen LogP contribution in [0.4, 0.5) is 0 Å². The van der Waals surface area contributed by atoms with Gasteiger partial charge in [-0.15, -0.1) is 0 Å². The summed E-state index contributed by atoms with van der Waals surface area (Å²) in [7, 11) is 0. The molecule has 3 saturated carbocycles. The molecule has 6 atom stereocenters. The minimum absolute atomic E-state index is 0.272. The highest BCUT2D eigenvalue weighted by atomic mass is 16.5. The SMILES string of the molecule is c1ccc([C@@]23O[C@@](c4ccccc4)(c4ccccc42)[C@]24C[C@]32[C@H]2CC[C@@H]4C2)cc1. The van der Waals surface area contributed by atoms with Gasteiger partial charge in [0.05, 0.1) is 0 Å². The van der Waals surface area contributed by atoms with Crippen molar-refractivity contribution in [3.05, 3.63) is 107 Å². The van der Waals surface area contributed by atoms with Gasteiger partial charge in [0.25, 0.3) is 0 Å². The zero-order valence-electron chi connectivity index (χ0n) is 16.5. The van der Waals surface area contributed by atoms with Crippen LogP contribution in [0.2, 0.25) is 0 Å². The van der Waals surface area contributed by atoms with Gasteiger partial charge in [0, 0.05) is 10.8 Å². The van der Waals surface area contributed by atoms with Crippen LogP contribution in [-0.4, -0.2) is 0 Å². The number of fused-ring (bicyclic) bond motifs is 7. The van der Waals surface area contributed by atoms with Crippen molar-refractivity contribution < 1.29 is 4.74 Å². The van der Waals surface area contributed by atoms with Crippen LogP contribution in [0, 0.1) is 22.7 Å². The topological polar surface area (TPSA) is 9.23 Å². The highest BCUT2D eigenvalue weighted by molar-refractivity contribution is 5.67. The van der Waals surface area contributed by atoms with Gasteiger partial charge in [0.2, 0.25) is 0 Å². The fourth-order valence-corrected chi connectivity index (χ4v) is 9.13. The Morgan fingerprint density at radius 3 is 1.52 bits per heavy atom. The van der Waals surface area contributed by atoms with E-state index in [1.54, 1.807) is 0 Å². The molecule has 3 aliphatic carbocycles. The minimum atomic E-state index is -0.291. The van der Waals surface area contributed by atoms with E-state index in [1.807, 2.05) is 0 Å². The lowest BCUT2D eigenvalue weighted by Gasteiger charge is -2.42. The Morgan fingerprint density at radius 1 is 0.586 bits per heavy atom. The average molecular weight is 376 g/mol. The van der Waals surface area contributed by atoms with Gasteiger partial charge >= 0.3 is 0 Å². The maximum absolute atomic E-state index is 7.58. The first kappa shape index (κ1) is 15.5. The normalized spacial score (nSPS) is 44.4. The molecule has 8 rings (SSSR count). The molecule has 0 N–H and O–H groups in total. The molecule has 5 aliphatic rings. The lowest BCUT2D eigenvalue weighted by molar-refractivity contribution is -0.112. The van der Waals surface area contributed by atoms with Crippen molar-refractivity contribution in [1.82, 2.24) is 0 Å². The summed E-state index contributed by atoms with van der Waals surface area (Å²) < 4.78 is 7.58. The Hall–Kier alpha value is -2.38. The van der Waals surface area contributed by atoms with E-state index < -0.39 is 0 Å². The number of benzene rings is 3. The molecule has 1 heteroatoms. The predicted octanol–water partition coefficient (Wildman–Crippen LogP) is 6.02. The maximum atomic E-state index is 7.58. The van der Waals surface area contributed by atoms with E-state index in [0.29, 0.717) is 0 Å². The first-order chi connectivity index (χ1) is 14.3. The Labute approximate surface area is 171 Å². The predicted molar refractivity (Wildman–Crippen MR) is 112 cm³/mol. The summed E-state index contributed by atoms with van der Waals surface area (Å²) in [6.45, 7) is 0. The van der Waals surface area contributed by atoms with Crippen molar-refractivity contribution >= 4 is 0 Å². The van der Waals surface area contributed by atoms with Gasteiger partial charge in [0.15, 0.2) is 0 Å². The number of rotatable bonds is 2. The average Bonchev–Trinajstić information content (AvgIpc) is 3.09. The molecule has 0 aromatic heterocycles. The second kappa shape index (κ2) is 4.52. The van der Waals surface area contributed by atoms with Crippen LogP contribution in [0.25, 0.3) is 0 Å². The first-order valence-electron chi connectivity index (χ1n) is 11.2. The molecular formula is C28H24O. The smallest absolute Gasteiger partial charge is 0.127 e. The Bertz CT molecular complexity index is 1080. The third kappa shape index (κ3) is 1.26. The third-order valence-electron chi connectivity index (χ3n) is 9.66. The number of hydrogen-bond donors (Lipinski definition) is 0. The standard InChI is InChI=1S/C28H24O/c1-3-9-19(10-4-1)27-23-13-7-8-14-24(23)28(29-27,20-11-5-2-6-12-20)26-18-25(26,27)21-15-16-22(26)17-21/h1-14,21-22H,15-18H2/t21-,22+,25+,26-,27+,28-. The molecule has 3 aromatic rings. The molecule has 0 spiro atoms.